The summed E-state index contributed by atoms with van der Waals surface area (Å²) < 4.78 is 0. The molecule has 94 valence electrons. The van der Waals surface area contributed by atoms with E-state index in [1.54, 1.807) is 24.4 Å². The third-order valence-electron chi connectivity index (χ3n) is 3.45. The number of fused-ring (bicyclic) bond motifs is 4. The first-order valence-corrected chi connectivity index (χ1v) is 6.20. The van der Waals surface area contributed by atoms with E-state index in [2.05, 4.69) is 9.97 Å². The lowest BCUT2D eigenvalue weighted by molar-refractivity contribution is 0.0815. The zero-order chi connectivity index (χ0) is 13.7. The SMILES string of the molecule is O=C1C(=O)c2cc3ccccc3nc2-c2ncccc21. The van der Waals surface area contributed by atoms with Gasteiger partial charge in [0.15, 0.2) is 0 Å². The predicted molar refractivity (Wildman–Crippen MR) is 73.6 cm³/mol. The molecule has 4 nitrogen and oxygen atoms in total. The minimum atomic E-state index is -0.516. The van der Waals surface area contributed by atoms with Crippen LogP contribution < -0.4 is 0 Å². The molecule has 0 atom stereocenters. The molecule has 2 heterocycles. The molecular weight excluding hydrogens is 252 g/mol. The van der Waals surface area contributed by atoms with Crippen LogP contribution in [-0.4, -0.2) is 21.5 Å². The van der Waals surface area contributed by atoms with E-state index in [0.717, 1.165) is 10.9 Å². The predicted octanol–water partition coefficient (Wildman–Crippen LogP) is 2.68. The average molecular weight is 260 g/mol. The Morgan fingerprint density at radius 1 is 0.800 bits per heavy atom. The molecule has 0 radical (unpaired) electrons. The van der Waals surface area contributed by atoms with Crippen LogP contribution in [0.25, 0.3) is 22.3 Å². The third kappa shape index (κ3) is 1.36. The van der Waals surface area contributed by atoms with E-state index in [1.807, 2.05) is 24.3 Å². The van der Waals surface area contributed by atoms with Crippen molar-refractivity contribution in [2.75, 3.05) is 0 Å². The smallest absolute Gasteiger partial charge is 0.235 e. The van der Waals surface area contributed by atoms with Crippen LogP contribution in [0.2, 0.25) is 0 Å². The molecule has 0 saturated heterocycles. The molecule has 0 aliphatic heterocycles. The largest absolute Gasteiger partial charge is 0.285 e. The fraction of sp³-hybridized carbons (Fsp3) is 0. The number of aromatic nitrogens is 2. The number of hydrogen-bond acceptors (Lipinski definition) is 4. The van der Waals surface area contributed by atoms with Crippen LogP contribution in [0, 0.1) is 0 Å². The number of carbonyl (C=O) groups excluding carboxylic acids is 2. The van der Waals surface area contributed by atoms with Gasteiger partial charge in [0.25, 0.3) is 0 Å². The first kappa shape index (κ1) is 11.0. The Bertz CT molecular complexity index is 900. The summed E-state index contributed by atoms with van der Waals surface area (Å²) in [4.78, 5) is 33.0. The summed E-state index contributed by atoms with van der Waals surface area (Å²) in [5.74, 6) is -1.03. The summed E-state index contributed by atoms with van der Waals surface area (Å²) in [6.45, 7) is 0. The molecule has 1 aromatic carbocycles. The first-order valence-electron chi connectivity index (χ1n) is 6.20. The van der Waals surface area contributed by atoms with Gasteiger partial charge in [0.05, 0.1) is 16.6 Å². The van der Waals surface area contributed by atoms with Gasteiger partial charge in [-0.3, -0.25) is 14.6 Å². The first-order chi connectivity index (χ1) is 9.75. The van der Waals surface area contributed by atoms with Gasteiger partial charge in [-0.1, -0.05) is 18.2 Å². The van der Waals surface area contributed by atoms with Crippen molar-refractivity contribution in [3.05, 3.63) is 59.8 Å². The molecule has 0 unspecified atom stereocenters. The molecule has 0 N–H and O–H groups in total. The van der Waals surface area contributed by atoms with Crippen molar-refractivity contribution in [2.45, 2.75) is 0 Å². The number of hydrogen-bond donors (Lipinski definition) is 0. The number of Topliss-reactive ketones (excluding diaryl/α,β-unsaturated/α-hetero) is 2. The molecule has 2 aromatic heterocycles. The Balaban J connectivity index is 2.15. The standard InChI is InChI=1S/C16H8N2O2/c19-15-10-5-3-7-17-13(10)14-11(16(15)20)8-9-4-1-2-6-12(9)18-14/h1-8H. The Morgan fingerprint density at radius 2 is 1.60 bits per heavy atom. The van der Waals surface area contributed by atoms with Crippen molar-refractivity contribution in [2.24, 2.45) is 0 Å². The number of benzene rings is 1. The number of rotatable bonds is 0. The lowest BCUT2D eigenvalue weighted by Gasteiger charge is -2.16. The van der Waals surface area contributed by atoms with E-state index >= 15 is 0 Å². The number of ketones is 2. The summed E-state index contributed by atoms with van der Waals surface area (Å²) >= 11 is 0. The lowest BCUT2D eigenvalue weighted by Crippen LogP contribution is -2.22. The van der Waals surface area contributed by atoms with Crippen molar-refractivity contribution in [3.8, 4) is 11.4 Å². The zero-order valence-electron chi connectivity index (χ0n) is 10.3. The van der Waals surface area contributed by atoms with Crippen LogP contribution in [0.1, 0.15) is 20.7 Å². The van der Waals surface area contributed by atoms with E-state index in [4.69, 9.17) is 0 Å². The van der Waals surface area contributed by atoms with Gasteiger partial charge in [-0.05, 0) is 24.3 Å². The van der Waals surface area contributed by atoms with Gasteiger partial charge in [0.1, 0.15) is 11.4 Å². The Hall–Kier alpha value is -2.88. The summed E-state index contributed by atoms with van der Waals surface area (Å²) in [6.07, 6.45) is 1.60. The van der Waals surface area contributed by atoms with Gasteiger partial charge in [-0.2, -0.15) is 0 Å². The highest BCUT2D eigenvalue weighted by Gasteiger charge is 2.32. The molecule has 0 spiro atoms. The Kier molecular flexibility index (Phi) is 2.09. The molecule has 4 rings (SSSR count). The quantitative estimate of drug-likeness (QED) is 0.583. The molecule has 4 heteroatoms. The Labute approximate surface area is 114 Å². The molecule has 0 amide bonds. The number of pyridine rings is 2. The molecule has 3 aromatic rings. The van der Waals surface area contributed by atoms with Gasteiger partial charge < -0.3 is 0 Å². The zero-order valence-corrected chi connectivity index (χ0v) is 10.3. The van der Waals surface area contributed by atoms with Crippen molar-refractivity contribution in [1.29, 1.82) is 0 Å². The van der Waals surface area contributed by atoms with Gasteiger partial charge in [0.2, 0.25) is 11.6 Å². The molecule has 1 aliphatic rings. The maximum absolute atomic E-state index is 12.2. The summed E-state index contributed by atoms with van der Waals surface area (Å²) in [7, 11) is 0. The van der Waals surface area contributed by atoms with E-state index in [1.165, 1.54) is 0 Å². The topological polar surface area (TPSA) is 59.9 Å². The van der Waals surface area contributed by atoms with E-state index in [0.29, 0.717) is 22.5 Å². The second-order valence-electron chi connectivity index (χ2n) is 4.64. The van der Waals surface area contributed by atoms with Crippen LogP contribution in [0.15, 0.2) is 48.7 Å². The molecule has 20 heavy (non-hydrogen) atoms. The van der Waals surface area contributed by atoms with E-state index < -0.39 is 11.6 Å². The maximum atomic E-state index is 12.2. The minimum absolute atomic E-state index is 0.327. The highest BCUT2D eigenvalue weighted by molar-refractivity contribution is 6.52. The van der Waals surface area contributed by atoms with Crippen molar-refractivity contribution < 1.29 is 9.59 Å². The highest BCUT2D eigenvalue weighted by atomic mass is 16.2. The van der Waals surface area contributed by atoms with Gasteiger partial charge >= 0.3 is 0 Å². The van der Waals surface area contributed by atoms with Gasteiger partial charge in [0, 0.05) is 11.6 Å². The van der Waals surface area contributed by atoms with E-state index in [9.17, 15) is 9.59 Å². The van der Waals surface area contributed by atoms with Crippen LogP contribution in [0.5, 0.6) is 0 Å². The molecule has 0 bridgehead atoms. The molecule has 1 aliphatic carbocycles. The normalized spacial score (nSPS) is 13.2. The number of carbonyl (C=O) groups is 2. The van der Waals surface area contributed by atoms with Crippen LogP contribution in [0.3, 0.4) is 0 Å². The summed E-state index contributed by atoms with van der Waals surface area (Å²) in [5.41, 5.74) is 2.42. The second-order valence-corrected chi connectivity index (χ2v) is 4.64. The van der Waals surface area contributed by atoms with Crippen LogP contribution in [0.4, 0.5) is 0 Å². The Morgan fingerprint density at radius 3 is 2.50 bits per heavy atom. The van der Waals surface area contributed by atoms with Crippen LogP contribution >= 0.6 is 0 Å². The molecule has 0 fully saturated rings. The number of para-hydroxylation sites is 1. The maximum Gasteiger partial charge on any atom is 0.235 e. The minimum Gasteiger partial charge on any atom is -0.285 e. The number of nitrogens with zero attached hydrogens (tertiary/aromatic N) is 2. The fourth-order valence-electron chi connectivity index (χ4n) is 2.49. The summed E-state index contributed by atoms with van der Waals surface area (Å²) in [6, 6.07) is 12.5. The third-order valence-corrected chi connectivity index (χ3v) is 3.45. The van der Waals surface area contributed by atoms with Crippen molar-refractivity contribution in [1.82, 2.24) is 9.97 Å². The van der Waals surface area contributed by atoms with E-state index in [-0.39, 0.29) is 0 Å². The second kappa shape index (κ2) is 3.81. The highest BCUT2D eigenvalue weighted by Crippen LogP contribution is 2.32. The monoisotopic (exact) mass is 260 g/mol. The summed E-state index contributed by atoms with van der Waals surface area (Å²) in [5, 5.41) is 0.840. The fourth-order valence-corrected chi connectivity index (χ4v) is 2.49. The average Bonchev–Trinajstić information content (AvgIpc) is 2.51. The van der Waals surface area contributed by atoms with Gasteiger partial charge in [-0.15, -0.1) is 0 Å². The molecular formula is C16H8N2O2. The van der Waals surface area contributed by atoms with Crippen molar-refractivity contribution >= 4 is 22.5 Å². The molecule has 0 saturated carbocycles. The van der Waals surface area contributed by atoms with Crippen LogP contribution in [-0.2, 0) is 0 Å². The van der Waals surface area contributed by atoms with Crippen molar-refractivity contribution in [3.63, 3.8) is 0 Å². The van der Waals surface area contributed by atoms with Gasteiger partial charge in [-0.25, -0.2) is 4.98 Å². The lowest BCUT2D eigenvalue weighted by atomic mass is 9.89.